The van der Waals surface area contributed by atoms with E-state index < -0.39 is 0 Å². The Kier molecular flexibility index (Phi) is 3.56. The number of aromatic nitrogens is 1. The smallest absolute Gasteiger partial charge is 0.0703 e. The summed E-state index contributed by atoms with van der Waals surface area (Å²) in [7, 11) is 2.17. The Morgan fingerprint density at radius 1 is 0.950 bits per heavy atom. The number of nitrogens with two attached hydrogens (primary N) is 1. The molecule has 1 aromatic heterocycles. The fourth-order valence-corrected chi connectivity index (χ4v) is 2.48. The number of hydrogen-bond acceptors (Lipinski definition) is 4. The fourth-order valence-electron chi connectivity index (χ4n) is 2.48. The average Bonchev–Trinajstić information content (AvgIpc) is 2.49. The van der Waals surface area contributed by atoms with Crippen LogP contribution in [-0.2, 0) is 0 Å². The number of hydrogen-bond donors (Lipinski definition) is 1. The molecule has 0 radical (unpaired) electrons. The summed E-state index contributed by atoms with van der Waals surface area (Å²) in [5.74, 6) is 0. The number of rotatable bonds is 2. The summed E-state index contributed by atoms with van der Waals surface area (Å²) in [5, 5.41) is 0. The molecule has 0 spiro atoms. The van der Waals surface area contributed by atoms with E-state index >= 15 is 0 Å². The van der Waals surface area contributed by atoms with Gasteiger partial charge in [0, 0.05) is 37.4 Å². The molecule has 1 aromatic carbocycles. The maximum Gasteiger partial charge on any atom is 0.0703 e. The first kappa shape index (κ1) is 12.9. The van der Waals surface area contributed by atoms with E-state index in [9.17, 15) is 0 Å². The van der Waals surface area contributed by atoms with Crippen molar-refractivity contribution in [3.63, 3.8) is 0 Å². The first-order valence-electron chi connectivity index (χ1n) is 6.98. The van der Waals surface area contributed by atoms with Crippen LogP contribution < -0.4 is 10.6 Å². The summed E-state index contributed by atoms with van der Waals surface area (Å²) in [5.41, 5.74) is 9.74. The zero-order valence-corrected chi connectivity index (χ0v) is 11.8. The van der Waals surface area contributed by atoms with Crippen molar-refractivity contribution in [1.29, 1.82) is 0 Å². The molecule has 1 aliphatic rings. The molecular formula is C16H20N4. The molecule has 3 rings (SSSR count). The minimum absolute atomic E-state index is 0.697. The van der Waals surface area contributed by atoms with Crippen molar-refractivity contribution < 1.29 is 0 Å². The van der Waals surface area contributed by atoms with Gasteiger partial charge in [-0.25, -0.2) is 0 Å². The van der Waals surface area contributed by atoms with Crippen molar-refractivity contribution in [2.24, 2.45) is 0 Å². The zero-order valence-electron chi connectivity index (χ0n) is 11.8. The van der Waals surface area contributed by atoms with Crippen LogP contribution in [0.3, 0.4) is 0 Å². The number of pyridine rings is 1. The van der Waals surface area contributed by atoms with E-state index in [1.165, 1.54) is 5.69 Å². The number of nitrogen functional groups attached to an aromatic ring is 1. The Hall–Kier alpha value is -2.07. The highest BCUT2D eigenvalue weighted by Crippen LogP contribution is 2.22. The number of piperazine rings is 1. The van der Waals surface area contributed by atoms with E-state index in [0.717, 1.165) is 37.4 Å². The Labute approximate surface area is 119 Å². The third kappa shape index (κ3) is 2.75. The van der Waals surface area contributed by atoms with Crippen LogP contribution in [0.4, 0.5) is 11.4 Å². The molecule has 0 atom stereocenters. The van der Waals surface area contributed by atoms with Gasteiger partial charge in [-0.05, 0) is 31.3 Å². The van der Waals surface area contributed by atoms with Crippen LogP contribution in [0.25, 0.3) is 11.3 Å². The molecule has 0 aliphatic carbocycles. The third-order valence-corrected chi connectivity index (χ3v) is 3.82. The topological polar surface area (TPSA) is 45.4 Å². The molecule has 1 aliphatic heterocycles. The molecule has 0 saturated carbocycles. The van der Waals surface area contributed by atoms with Crippen molar-refractivity contribution in [2.45, 2.75) is 0 Å². The predicted octanol–water partition coefficient (Wildman–Crippen LogP) is 2.08. The van der Waals surface area contributed by atoms with Crippen LogP contribution in [0.1, 0.15) is 0 Å². The maximum absolute atomic E-state index is 5.66. The second kappa shape index (κ2) is 5.51. The summed E-state index contributed by atoms with van der Waals surface area (Å²) in [4.78, 5) is 9.15. The second-order valence-electron chi connectivity index (χ2n) is 5.31. The molecule has 4 nitrogen and oxygen atoms in total. The lowest BCUT2D eigenvalue weighted by molar-refractivity contribution is 0.313. The molecule has 20 heavy (non-hydrogen) atoms. The van der Waals surface area contributed by atoms with Gasteiger partial charge in [-0.15, -0.1) is 0 Å². The lowest BCUT2D eigenvalue weighted by Crippen LogP contribution is -2.44. The lowest BCUT2D eigenvalue weighted by Gasteiger charge is -2.34. The summed E-state index contributed by atoms with van der Waals surface area (Å²) in [6, 6.07) is 12.5. The van der Waals surface area contributed by atoms with Crippen LogP contribution in [0, 0.1) is 0 Å². The van der Waals surface area contributed by atoms with E-state index in [-0.39, 0.29) is 0 Å². The number of nitrogens with zero attached hydrogens (tertiary/aromatic N) is 3. The van der Waals surface area contributed by atoms with Crippen LogP contribution in [0.5, 0.6) is 0 Å². The molecule has 2 N–H and O–H groups in total. The first-order valence-corrected chi connectivity index (χ1v) is 6.98. The van der Waals surface area contributed by atoms with E-state index in [1.54, 1.807) is 6.20 Å². The van der Waals surface area contributed by atoms with Gasteiger partial charge in [-0.3, -0.25) is 4.98 Å². The van der Waals surface area contributed by atoms with Gasteiger partial charge in [-0.1, -0.05) is 12.1 Å². The summed E-state index contributed by atoms with van der Waals surface area (Å²) >= 11 is 0. The van der Waals surface area contributed by atoms with E-state index in [1.807, 2.05) is 12.1 Å². The van der Waals surface area contributed by atoms with Gasteiger partial charge in [0.1, 0.15) is 0 Å². The molecule has 0 unspecified atom stereocenters. The Balaban J connectivity index is 1.76. The first-order chi connectivity index (χ1) is 9.72. The van der Waals surface area contributed by atoms with Gasteiger partial charge in [0.05, 0.1) is 17.6 Å². The molecular weight excluding hydrogens is 248 g/mol. The summed E-state index contributed by atoms with van der Waals surface area (Å²) in [6.45, 7) is 4.44. The van der Waals surface area contributed by atoms with Crippen molar-refractivity contribution in [1.82, 2.24) is 9.88 Å². The number of benzene rings is 1. The van der Waals surface area contributed by atoms with E-state index in [2.05, 4.69) is 46.1 Å². The summed E-state index contributed by atoms with van der Waals surface area (Å²) in [6.07, 6.45) is 1.70. The molecule has 1 fully saturated rings. The lowest BCUT2D eigenvalue weighted by atomic mass is 10.1. The monoisotopic (exact) mass is 268 g/mol. The van der Waals surface area contributed by atoms with Crippen molar-refractivity contribution in [3.05, 3.63) is 42.6 Å². The fraction of sp³-hybridized carbons (Fsp3) is 0.312. The van der Waals surface area contributed by atoms with E-state index in [4.69, 9.17) is 5.73 Å². The Morgan fingerprint density at radius 2 is 1.65 bits per heavy atom. The van der Waals surface area contributed by atoms with Crippen molar-refractivity contribution in [2.75, 3.05) is 43.9 Å². The normalized spacial score (nSPS) is 16.4. The predicted molar refractivity (Wildman–Crippen MR) is 83.8 cm³/mol. The van der Waals surface area contributed by atoms with Crippen LogP contribution >= 0.6 is 0 Å². The highest BCUT2D eigenvalue weighted by molar-refractivity contribution is 5.64. The number of likely N-dealkylation sites (N-methyl/N-ethyl adjacent to an activating group) is 1. The minimum atomic E-state index is 0.697. The highest BCUT2D eigenvalue weighted by atomic mass is 15.2. The molecule has 2 heterocycles. The van der Waals surface area contributed by atoms with Gasteiger partial charge in [0.15, 0.2) is 0 Å². The van der Waals surface area contributed by atoms with Crippen LogP contribution in [0.15, 0.2) is 42.6 Å². The van der Waals surface area contributed by atoms with Crippen molar-refractivity contribution in [3.8, 4) is 11.3 Å². The minimum Gasteiger partial charge on any atom is -0.397 e. The zero-order chi connectivity index (χ0) is 13.9. The quantitative estimate of drug-likeness (QED) is 0.906. The molecule has 0 bridgehead atoms. The van der Waals surface area contributed by atoms with Gasteiger partial charge >= 0.3 is 0 Å². The van der Waals surface area contributed by atoms with Crippen LogP contribution in [0.2, 0.25) is 0 Å². The Bertz CT molecular complexity index is 554. The molecule has 4 heteroatoms. The third-order valence-electron chi connectivity index (χ3n) is 3.82. The Morgan fingerprint density at radius 3 is 2.25 bits per heavy atom. The highest BCUT2D eigenvalue weighted by Gasteiger charge is 2.14. The maximum atomic E-state index is 5.66. The molecule has 104 valence electrons. The van der Waals surface area contributed by atoms with Gasteiger partial charge in [0.2, 0.25) is 0 Å². The van der Waals surface area contributed by atoms with E-state index in [0.29, 0.717) is 5.69 Å². The molecule has 2 aromatic rings. The molecule has 1 saturated heterocycles. The SMILES string of the molecule is CN1CCN(c2ccc(-c3ccc(N)cn3)cc2)CC1. The van der Waals surface area contributed by atoms with Crippen LogP contribution in [-0.4, -0.2) is 43.1 Å². The standard InChI is InChI=1S/C16H20N4/c1-19-8-10-20(11-9-19)15-5-2-13(3-6-15)16-7-4-14(17)12-18-16/h2-7,12H,8-11,17H2,1H3. The van der Waals surface area contributed by atoms with Gasteiger partial charge in [-0.2, -0.15) is 0 Å². The van der Waals surface area contributed by atoms with Crippen molar-refractivity contribution >= 4 is 11.4 Å². The second-order valence-corrected chi connectivity index (χ2v) is 5.31. The average molecular weight is 268 g/mol. The largest absolute Gasteiger partial charge is 0.397 e. The van der Waals surface area contributed by atoms with Gasteiger partial charge < -0.3 is 15.5 Å². The molecule has 0 amide bonds. The summed E-state index contributed by atoms with van der Waals surface area (Å²) < 4.78 is 0. The number of anilines is 2. The van der Waals surface area contributed by atoms with Gasteiger partial charge in [0.25, 0.3) is 0 Å².